The Hall–Kier alpha value is -4.82. The fraction of sp³-hybridized carbons (Fsp3) is 0.488. The number of aryl methyl sites for hydroxylation is 2. The van der Waals surface area contributed by atoms with Crippen LogP contribution in [-0.4, -0.2) is 87.1 Å². The number of hydrogen-bond donors (Lipinski definition) is 2. The number of rotatable bonds is 12. The van der Waals surface area contributed by atoms with Crippen LogP contribution in [0.5, 0.6) is 5.75 Å². The van der Waals surface area contributed by atoms with Crippen molar-refractivity contribution in [2.45, 2.75) is 86.9 Å². The number of benzene rings is 2. The highest BCUT2D eigenvalue weighted by molar-refractivity contribution is 7.02. The molecular formula is C41H53Cl2FN10O4S. The van der Waals surface area contributed by atoms with Crippen LogP contribution in [0.3, 0.4) is 0 Å². The predicted molar refractivity (Wildman–Crippen MR) is 234 cm³/mol. The van der Waals surface area contributed by atoms with Gasteiger partial charge in [-0.15, -0.1) is 18.0 Å². The van der Waals surface area contributed by atoms with Crippen LogP contribution in [-0.2, 0) is 33.7 Å². The van der Waals surface area contributed by atoms with Gasteiger partial charge in [-0.05, 0) is 75.2 Å². The highest BCUT2D eigenvalue weighted by atomic mass is 35.5. The van der Waals surface area contributed by atoms with Gasteiger partial charge in [0.05, 0.1) is 30.6 Å². The van der Waals surface area contributed by atoms with E-state index in [0.29, 0.717) is 34.7 Å². The first kappa shape index (κ1) is 46.9. The maximum absolute atomic E-state index is 14.5. The fourth-order valence-electron chi connectivity index (χ4n) is 6.48. The average Bonchev–Trinajstić information content (AvgIpc) is 3.68. The SMILES string of the molecule is C#CCN1C(=O)COc2cc(F)c(N=c3snc4n3CC(C)(C)C4)cc21.CCNc1nc(Cl)nc(NC(C)C)n1.CCc1cccc(C)c1N(C(=O)CCl)C(C)COC. The lowest BCUT2D eigenvalue weighted by atomic mass is 9.92. The summed E-state index contributed by atoms with van der Waals surface area (Å²) >= 11 is 12.7. The molecule has 1 atom stereocenters. The van der Waals surface area contributed by atoms with Gasteiger partial charge in [0, 0.05) is 50.3 Å². The average molecular weight is 872 g/mol. The van der Waals surface area contributed by atoms with Crippen LogP contribution in [0.4, 0.5) is 33.3 Å². The van der Waals surface area contributed by atoms with E-state index in [-0.39, 0.29) is 59.3 Å². The summed E-state index contributed by atoms with van der Waals surface area (Å²) in [5.41, 5.74) is 3.89. The van der Waals surface area contributed by atoms with Crippen molar-refractivity contribution in [2.24, 2.45) is 10.4 Å². The maximum Gasteiger partial charge on any atom is 0.265 e. The van der Waals surface area contributed by atoms with Gasteiger partial charge in [-0.3, -0.25) is 14.5 Å². The van der Waals surface area contributed by atoms with Crippen molar-refractivity contribution in [3.63, 3.8) is 0 Å². The third kappa shape index (κ3) is 12.4. The summed E-state index contributed by atoms with van der Waals surface area (Å²) in [6.07, 6.45) is 7.09. The number of carbonyl (C=O) groups is 2. The molecule has 0 spiro atoms. The van der Waals surface area contributed by atoms with E-state index >= 15 is 0 Å². The topological polar surface area (TPSA) is 152 Å². The molecule has 2 aromatic carbocycles. The zero-order chi connectivity index (χ0) is 43.4. The summed E-state index contributed by atoms with van der Waals surface area (Å²) in [5, 5.41) is 6.23. The van der Waals surface area contributed by atoms with Crippen molar-refractivity contribution in [3.8, 4) is 18.1 Å². The van der Waals surface area contributed by atoms with Crippen LogP contribution < -0.4 is 30.0 Å². The van der Waals surface area contributed by atoms with Crippen LogP contribution in [0.2, 0.25) is 5.28 Å². The van der Waals surface area contributed by atoms with E-state index in [1.54, 1.807) is 12.0 Å². The second-order valence-corrected chi connectivity index (χ2v) is 16.2. The Bertz CT molecular complexity index is 2210. The molecular weight excluding hydrogens is 818 g/mol. The van der Waals surface area contributed by atoms with Crippen molar-refractivity contribution in [1.29, 1.82) is 0 Å². The number of nitrogens with one attached hydrogen (secondary N) is 2. The molecule has 0 aliphatic carbocycles. The van der Waals surface area contributed by atoms with E-state index in [0.717, 1.165) is 48.6 Å². The number of ether oxygens (including phenoxy) is 2. The molecule has 0 saturated heterocycles. The number of alkyl halides is 1. The van der Waals surface area contributed by atoms with E-state index in [4.69, 9.17) is 39.1 Å². The van der Waals surface area contributed by atoms with Crippen molar-refractivity contribution in [2.75, 3.05) is 59.7 Å². The number of hydrogen-bond acceptors (Lipinski definition) is 12. The van der Waals surface area contributed by atoms with Crippen molar-refractivity contribution in [3.05, 3.63) is 63.2 Å². The number of carbonyl (C=O) groups excluding carboxylic acids is 2. The molecule has 4 aromatic rings. The third-order valence-corrected chi connectivity index (χ3v) is 10.1. The van der Waals surface area contributed by atoms with E-state index in [1.807, 2.05) is 51.3 Å². The lowest BCUT2D eigenvalue weighted by Gasteiger charge is -2.31. The number of terminal acetylenes is 1. The van der Waals surface area contributed by atoms with Gasteiger partial charge < -0.3 is 29.6 Å². The third-order valence-electron chi connectivity index (χ3n) is 8.97. The zero-order valence-electron chi connectivity index (χ0n) is 35.0. The summed E-state index contributed by atoms with van der Waals surface area (Å²) in [7, 11) is 1.64. The molecule has 14 nitrogen and oxygen atoms in total. The molecule has 2 aliphatic rings. The van der Waals surface area contributed by atoms with Crippen LogP contribution >= 0.6 is 34.7 Å². The Morgan fingerprint density at radius 1 is 1.20 bits per heavy atom. The molecule has 318 valence electrons. The summed E-state index contributed by atoms with van der Waals surface area (Å²) in [4.78, 5) is 44.5. The molecule has 0 fully saturated rings. The number of halogens is 3. The first-order valence-corrected chi connectivity index (χ1v) is 20.9. The fourth-order valence-corrected chi connectivity index (χ4v) is 7.52. The normalized spacial score (nSPS) is 14.5. The molecule has 1 unspecified atom stereocenters. The second-order valence-electron chi connectivity index (χ2n) is 14.9. The van der Waals surface area contributed by atoms with E-state index in [9.17, 15) is 14.0 Å². The Kier molecular flexibility index (Phi) is 17.0. The Morgan fingerprint density at radius 3 is 2.58 bits per heavy atom. The quantitative estimate of drug-likeness (QED) is 0.111. The molecule has 18 heteroatoms. The van der Waals surface area contributed by atoms with Crippen LogP contribution in [0, 0.1) is 30.5 Å². The number of fused-ring (bicyclic) bond motifs is 2. The van der Waals surface area contributed by atoms with Crippen molar-refractivity contribution >= 4 is 75.5 Å². The number of amides is 2. The second kappa shape index (κ2) is 21.4. The minimum atomic E-state index is -0.515. The minimum Gasteiger partial charge on any atom is -0.481 e. The van der Waals surface area contributed by atoms with Gasteiger partial charge >= 0.3 is 0 Å². The van der Waals surface area contributed by atoms with E-state index in [2.05, 4.69) is 67.7 Å². The summed E-state index contributed by atoms with van der Waals surface area (Å²) in [6, 6.07) is 9.07. The lowest BCUT2D eigenvalue weighted by Crippen LogP contribution is -2.43. The number of para-hydroxylation sites is 1. The predicted octanol–water partition coefficient (Wildman–Crippen LogP) is 7.20. The van der Waals surface area contributed by atoms with E-state index < -0.39 is 5.82 Å². The van der Waals surface area contributed by atoms with Crippen molar-refractivity contribution < 1.29 is 23.5 Å². The molecule has 4 heterocycles. The van der Waals surface area contributed by atoms with Gasteiger partial charge in [-0.2, -0.15) is 19.3 Å². The highest BCUT2D eigenvalue weighted by Gasteiger charge is 2.31. The highest BCUT2D eigenvalue weighted by Crippen LogP contribution is 2.37. The molecule has 2 aliphatic heterocycles. The van der Waals surface area contributed by atoms with Gasteiger partial charge in [0.15, 0.2) is 12.4 Å². The van der Waals surface area contributed by atoms with Crippen LogP contribution in [0.1, 0.15) is 65.4 Å². The number of methoxy groups -OCH3 is 1. The van der Waals surface area contributed by atoms with Gasteiger partial charge in [-0.25, -0.2) is 9.38 Å². The van der Waals surface area contributed by atoms with Crippen LogP contribution in [0.25, 0.3) is 0 Å². The molecule has 2 N–H and O–H groups in total. The Labute approximate surface area is 359 Å². The zero-order valence-corrected chi connectivity index (χ0v) is 37.4. The van der Waals surface area contributed by atoms with Crippen LogP contribution in [0.15, 0.2) is 35.3 Å². The molecule has 2 amide bonds. The molecule has 0 radical (unpaired) electrons. The number of aromatic nitrogens is 5. The summed E-state index contributed by atoms with van der Waals surface area (Å²) < 4.78 is 31.5. The molecule has 0 saturated carbocycles. The standard InChI is InChI=1S/C18H17FN4O2S.C15H22ClNO2.C8H14ClN5/c1-4-5-22-13-7-12(11(19)6-14(13)25-9-16(22)24)20-17-23-10-18(2,3)8-15(23)21-26-17;1-5-13-8-6-7-11(2)15(13)17(14(18)9-16)12(3)10-19-4;1-4-10-7-12-6(9)13-8(14-7)11-5(2)3/h1,6-7H,5,8-10H2,2-3H3;6-8,12H,5,9-10H2,1-4H3;5H,4H2,1-3H3,(H2,10,11,12,13,14). The molecule has 0 bridgehead atoms. The van der Waals surface area contributed by atoms with Gasteiger partial charge in [0.2, 0.25) is 27.9 Å². The monoisotopic (exact) mass is 870 g/mol. The summed E-state index contributed by atoms with van der Waals surface area (Å²) in [5.74, 6) is 3.80. The van der Waals surface area contributed by atoms with Gasteiger partial charge in [-0.1, -0.05) is 44.9 Å². The smallest absolute Gasteiger partial charge is 0.265 e. The minimum absolute atomic E-state index is 0.0223. The summed E-state index contributed by atoms with van der Waals surface area (Å²) in [6.45, 7) is 18.3. The Morgan fingerprint density at radius 2 is 1.93 bits per heavy atom. The molecule has 59 heavy (non-hydrogen) atoms. The van der Waals surface area contributed by atoms with E-state index in [1.165, 1.54) is 28.6 Å². The molecule has 2 aromatic heterocycles. The first-order valence-electron chi connectivity index (χ1n) is 19.2. The van der Waals surface area contributed by atoms with Gasteiger partial charge in [0.1, 0.15) is 23.1 Å². The lowest BCUT2D eigenvalue weighted by molar-refractivity contribution is -0.121. The largest absolute Gasteiger partial charge is 0.481 e. The number of nitrogens with zero attached hydrogens (tertiary/aromatic N) is 8. The Balaban J connectivity index is 0.000000206. The van der Waals surface area contributed by atoms with Gasteiger partial charge in [0.25, 0.3) is 5.91 Å². The maximum atomic E-state index is 14.5. The molecule has 6 rings (SSSR count). The van der Waals surface area contributed by atoms with Crippen molar-refractivity contribution in [1.82, 2.24) is 23.9 Å². The first-order chi connectivity index (χ1) is 28.1. The number of anilines is 4.